The largest absolute Gasteiger partial charge is 0.339 e. The number of hydrogen-bond acceptors (Lipinski definition) is 2. The van der Waals surface area contributed by atoms with Gasteiger partial charge in [0, 0.05) is 18.5 Å². The highest BCUT2D eigenvalue weighted by molar-refractivity contribution is 5.79. The predicted octanol–water partition coefficient (Wildman–Crippen LogP) is 3.57. The van der Waals surface area contributed by atoms with Crippen molar-refractivity contribution in [3.05, 3.63) is 0 Å². The van der Waals surface area contributed by atoms with Crippen LogP contribution >= 0.6 is 0 Å². The van der Waals surface area contributed by atoms with E-state index in [9.17, 15) is 4.79 Å². The van der Waals surface area contributed by atoms with E-state index in [0.717, 1.165) is 31.7 Å². The number of carbonyl (C=O) groups excluding carboxylic acids is 1. The maximum absolute atomic E-state index is 12.9. The fraction of sp³-hybridized carbons (Fsp3) is 0.944. The molecule has 1 amide bonds. The summed E-state index contributed by atoms with van der Waals surface area (Å²) in [5.41, 5.74) is 6.03. The summed E-state index contributed by atoms with van der Waals surface area (Å²) in [5, 5.41) is 0. The van der Waals surface area contributed by atoms with Gasteiger partial charge in [0.1, 0.15) is 0 Å². The Hall–Kier alpha value is -0.570. The lowest BCUT2D eigenvalue weighted by atomic mass is 9.69. The van der Waals surface area contributed by atoms with Crippen LogP contribution in [0.2, 0.25) is 0 Å². The average molecular weight is 294 g/mol. The van der Waals surface area contributed by atoms with Gasteiger partial charge < -0.3 is 10.6 Å². The molecule has 2 rings (SSSR count). The van der Waals surface area contributed by atoms with Gasteiger partial charge in [-0.15, -0.1) is 0 Å². The van der Waals surface area contributed by atoms with Gasteiger partial charge in [-0.25, -0.2) is 0 Å². The average Bonchev–Trinajstić information content (AvgIpc) is 2.39. The zero-order valence-electron chi connectivity index (χ0n) is 14.2. The van der Waals surface area contributed by atoms with E-state index in [-0.39, 0.29) is 5.92 Å². The molecule has 0 aliphatic heterocycles. The van der Waals surface area contributed by atoms with Gasteiger partial charge in [-0.05, 0) is 69.2 Å². The predicted molar refractivity (Wildman–Crippen MR) is 87.9 cm³/mol. The van der Waals surface area contributed by atoms with Crippen molar-refractivity contribution in [2.45, 2.75) is 78.2 Å². The van der Waals surface area contributed by atoms with Crippen LogP contribution < -0.4 is 5.73 Å². The third-order valence-corrected chi connectivity index (χ3v) is 5.70. The molecular formula is C18H34N2O. The standard InChI is InChI=1S/C18H34N2O/c1-18(2,3)15-10-8-14(9-11-15)17(21)20(13-5-12-19)16-6-4-7-16/h14-16H,4-13,19H2,1-3H3. The molecule has 0 heterocycles. The Labute approximate surface area is 130 Å². The Kier molecular flexibility index (Phi) is 5.70. The maximum atomic E-state index is 12.9. The van der Waals surface area contributed by atoms with Crippen LogP contribution in [0.4, 0.5) is 0 Å². The molecule has 21 heavy (non-hydrogen) atoms. The fourth-order valence-corrected chi connectivity index (χ4v) is 3.87. The second-order valence-electron chi connectivity index (χ2n) is 8.17. The molecule has 3 nitrogen and oxygen atoms in total. The summed E-state index contributed by atoms with van der Waals surface area (Å²) in [5.74, 6) is 1.49. The second kappa shape index (κ2) is 7.13. The van der Waals surface area contributed by atoms with Crippen LogP contribution in [0.25, 0.3) is 0 Å². The zero-order valence-corrected chi connectivity index (χ0v) is 14.2. The van der Waals surface area contributed by atoms with Crippen molar-refractivity contribution in [2.75, 3.05) is 13.1 Å². The molecule has 0 aromatic rings. The molecule has 2 aliphatic carbocycles. The summed E-state index contributed by atoms with van der Waals surface area (Å²) in [7, 11) is 0. The van der Waals surface area contributed by atoms with Gasteiger partial charge in [-0.1, -0.05) is 20.8 Å². The van der Waals surface area contributed by atoms with Crippen LogP contribution in [0.3, 0.4) is 0 Å². The first-order valence-corrected chi connectivity index (χ1v) is 8.94. The van der Waals surface area contributed by atoms with E-state index in [1.807, 2.05) is 0 Å². The molecule has 3 heteroatoms. The molecule has 2 saturated carbocycles. The minimum absolute atomic E-state index is 0.280. The van der Waals surface area contributed by atoms with Gasteiger partial charge in [-0.3, -0.25) is 4.79 Å². The maximum Gasteiger partial charge on any atom is 0.225 e. The van der Waals surface area contributed by atoms with E-state index >= 15 is 0 Å². The molecule has 0 aromatic carbocycles. The summed E-state index contributed by atoms with van der Waals surface area (Å²) in [6.45, 7) is 8.57. The molecule has 0 bridgehead atoms. The minimum Gasteiger partial charge on any atom is -0.339 e. The van der Waals surface area contributed by atoms with Gasteiger partial charge in [0.05, 0.1) is 0 Å². The first-order valence-electron chi connectivity index (χ1n) is 8.94. The van der Waals surface area contributed by atoms with Crippen LogP contribution in [-0.2, 0) is 4.79 Å². The third kappa shape index (κ3) is 4.21. The first-order chi connectivity index (χ1) is 9.93. The van der Waals surface area contributed by atoms with Gasteiger partial charge in [0.25, 0.3) is 0 Å². The normalized spacial score (nSPS) is 27.2. The SMILES string of the molecule is CC(C)(C)C1CCC(C(=O)N(CCCN)C2CCC2)CC1. The number of hydrogen-bond donors (Lipinski definition) is 1. The highest BCUT2D eigenvalue weighted by Gasteiger charge is 2.36. The van der Waals surface area contributed by atoms with E-state index in [1.54, 1.807) is 0 Å². The summed E-state index contributed by atoms with van der Waals surface area (Å²) in [4.78, 5) is 15.1. The zero-order chi connectivity index (χ0) is 15.5. The van der Waals surface area contributed by atoms with Gasteiger partial charge in [0.2, 0.25) is 5.91 Å². The lowest BCUT2D eigenvalue weighted by Crippen LogP contribution is -2.48. The second-order valence-corrected chi connectivity index (χ2v) is 8.17. The number of nitrogens with zero attached hydrogens (tertiary/aromatic N) is 1. The van der Waals surface area contributed by atoms with E-state index in [2.05, 4.69) is 25.7 Å². The van der Waals surface area contributed by atoms with Crippen LogP contribution in [0.1, 0.15) is 72.1 Å². The van der Waals surface area contributed by atoms with Crippen molar-refractivity contribution in [1.29, 1.82) is 0 Å². The van der Waals surface area contributed by atoms with Crippen LogP contribution in [-0.4, -0.2) is 29.9 Å². The first kappa shape index (κ1) is 16.8. The van der Waals surface area contributed by atoms with E-state index in [0.29, 0.717) is 23.9 Å². The Morgan fingerprint density at radius 2 is 1.71 bits per heavy atom. The van der Waals surface area contributed by atoms with Crippen LogP contribution in [0.15, 0.2) is 0 Å². The molecule has 0 unspecified atom stereocenters. The molecule has 2 aliphatic rings. The highest BCUT2D eigenvalue weighted by Crippen LogP contribution is 2.40. The molecule has 0 spiro atoms. The van der Waals surface area contributed by atoms with Crippen LogP contribution in [0.5, 0.6) is 0 Å². The minimum atomic E-state index is 0.280. The molecule has 2 N–H and O–H groups in total. The van der Waals surface area contributed by atoms with Gasteiger partial charge in [-0.2, -0.15) is 0 Å². The van der Waals surface area contributed by atoms with Crippen LogP contribution in [0, 0.1) is 17.3 Å². The number of rotatable bonds is 5. The van der Waals surface area contributed by atoms with Gasteiger partial charge in [0.15, 0.2) is 0 Å². The van der Waals surface area contributed by atoms with Crippen molar-refractivity contribution in [3.63, 3.8) is 0 Å². The molecule has 0 radical (unpaired) electrons. The quantitative estimate of drug-likeness (QED) is 0.842. The van der Waals surface area contributed by atoms with Crippen molar-refractivity contribution in [3.8, 4) is 0 Å². The molecular weight excluding hydrogens is 260 g/mol. The monoisotopic (exact) mass is 294 g/mol. The smallest absolute Gasteiger partial charge is 0.225 e. The Morgan fingerprint density at radius 1 is 1.10 bits per heavy atom. The third-order valence-electron chi connectivity index (χ3n) is 5.70. The molecule has 0 saturated heterocycles. The molecule has 0 atom stereocenters. The van der Waals surface area contributed by atoms with Crippen molar-refractivity contribution in [1.82, 2.24) is 4.90 Å². The number of amides is 1. The molecule has 2 fully saturated rings. The lowest BCUT2D eigenvalue weighted by Gasteiger charge is -2.42. The topological polar surface area (TPSA) is 46.3 Å². The van der Waals surface area contributed by atoms with Gasteiger partial charge >= 0.3 is 0 Å². The van der Waals surface area contributed by atoms with E-state index in [1.165, 1.54) is 32.1 Å². The summed E-state index contributed by atoms with van der Waals surface area (Å²) < 4.78 is 0. The Morgan fingerprint density at radius 3 is 2.14 bits per heavy atom. The lowest BCUT2D eigenvalue weighted by molar-refractivity contribution is -0.141. The summed E-state index contributed by atoms with van der Waals surface area (Å²) >= 11 is 0. The van der Waals surface area contributed by atoms with Crippen molar-refractivity contribution < 1.29 is 4.79 Å². The van der Waals surface area contributed by atoms with Crippen molar-refractivity contribution in [2.24, 2.45) is 23.0 Å². The molecule has 122 valence electrons. The van der Waals surface area contributed by atoms with Crippen molar-refractivity contribution >= 4 is 5.91 Å². The Bertz CT molecular complexity index is 336. The van der Waals surface area contributed by atoms with E-state index < -0.39 is 0 Å². The summed E-state index contributed by atoms with van der Waals surface area (Å²) in [6.07, 6.45) is 9.25. The molecule has 0 aromatic heterocycles. The Balaban J connectivity index is 1.89. The fourth-order valence-electron chi connectivity index (χ4n) is 3.87. The number of carbonyl (C=O) groups is 1. The highest BCUT2D eigenvalue weighted by atomic mass is 16.2. The number of nitrogens with two attached hydrogens (primary N) is 1. The van der Waals surface area contributed by atoms with E-state index in [4.69, 9.17) is 5.73 Å². The summed E-state index contributed by atoms with van der Waals surface area (Å²) in [6, 6.07) is 0.518.